The van der Waals surface area contributed by atoms with Crippen molar-refractivity contribution >= 4 is 27.7 Å². The van der Waals surface area contributed by atoms with E-state index < -0.39 is 17.8 Å². The van der Waals surface area contributed by atoms with Crippen molar-refractivity contribution in [1.82, 2.24) is 10.3 Å². The molecule has 0 radical (unpaired) electrons. The highest BCUT2D eigenvalue weighted by Gasteiger charge is 2.23. The Morgan fingerprint density at radius 2 is 1.96 bits per heavy atom. The Labute approximate surface area is 157 Å². The Balaban J connectivity index is 1.76. The van der Waals surface area contributed by atoms with Crippen molar-refractivity contribution in [1.29, 1.82) is 0 Å². The van der Waals surface area contributed by atoms with Crippen LogP contribution in [0.2, 0.25) is 0 Å². The number of amides is 1. The van der Waals surface area contributed by atoms with Gasteiger partial charge >= 0.3 is 0 Å². The van der Waals surface area contributed by atoms with Crippen LogP contribution in [0.1, 0.15) is 13.3 Å². The van der Waals surface area contributed by atoms with Gasteiger partial charge < -0.3 is 10.1 Å². The molecule has 0 bridgehead atoms. The number of rotatable bonds is 6. The fourth-order valence-electron chi connectivity index (χ4n) is 2.28. The first-order valence-electron chi connectivity index (χ1n) is 7.89. The van der Waals surface area contributed by atoms with Gasteiger partial charge in [-0.05, 0) is 41.0 Å². The largest absolute Gasteiger partial charge is 0.478 e. The lowest BCUT2D eigenvalue weighted by Crippen LogP contribution is -2.32. The lowest BCUT2D eigenvalue weighted by molar-refractivity contribution is -0.122. The van der Waals surface area contributed by atoms with Crippen LogP contribution in [0.3, 0.4) is 0 Å². The molecule has 134 valence electrons. The molecule has 2 aromatic carbocycles. The second-order valence-electron chi connectivity index (χ2n) is 5.40. The lowest BCUT2D eigenvalue weighted by Gasteiger charge is -2.16. The number of aromatic nitrogens is 2. The van der Waals surface area contributed by atoms with Crippen LogP contribution in [0.15, 0.2) is 57.6 Å². The molecule has 0 unspecified atom stereocenters. The van der Waals surface area contributed by atoms with Crippen molar-refractivity contribution in [3.05, 3.63) is 58.8 Å². The Morgan fingerprint density at radius 1 is 1.23 bits per heavy atom. The van der Waals surface area contributed by atoms with E-state index >= 15 is 0 Å². The van der Waals surface area contributed by atoms with Gasteiger partial charge in [-0.1, -0.05) is 47.1 Å². The molecule has 1 atom stereocenters. The second kappa shape index (κ2) is 8.09. The van der Waals surface area contributed by atoms with E-state index in [1.165, 1.54) is 12.1 Å². The molecule has 6 nitrogen and oxygen atoms in total. The molecular formula is C18H15BrFN3O3. The van der Waals surface area contributed by atoms with Gasteiger partial charge in [0.25, 0.3) is 5.91 Å². The summed E-state index contributed by atoms with van der Waals surface area (Å²) in [6.07, 6.45) is -0.541. The first-order valence-corrected chi connectivity index (χ1v) is 8.68. The molecule has 0 fully saturated rings. The van der Waals surface area contributed by atoms with Gasteiger partial charge in [0.15, 0.2) is 23.4 Å². The van der Waals surface area contributed by atoms with Gasteiger partial charge in [-0.3, -0.25) is 4.79 Å². The predicted octanol–water partition coefficient (Wildman–Crippen LogP) is 4.43. The number of nitrogens with zero attached hydrogens (tertiary/aromatic N) is 2. The molecule has 0 aliphatic heterocycles. The third-order valence-electron chi connectivity index (χ3n) is 3.62. The van der Waals surface area contributed by atoms with Gasteiger partial charge in [-0.15, -0.1) is 0 Å². The highest BCUT2D eigenvalue weighted by atomic mass is 79.9. The van der Waals surface area contributed by atoms with Crippen LogP contribution >= 0.6 is 15.9 Å². The van der Waals surface area contributed by atoms with Gasteiger partial charge in [-0.25, -0.2) is 9.02 Å². The second-order valence-corrected chi connectivity index (χ2v) is 6.32. The van der Waals surface area contributed by atoms with Crippen LogP contribution in [0.4, 0.5) is 10.2 Å². The van der Waals surface area contributed by atoms with E-state index in [1.54, 1.807) is 19.1 Å². The normalized spacial score (nSPS) is 11.8. The number of hydrogen-bond acceptors (Lipinski definition) is 5. The predicted molar refractivity (Wildman–Crippen MR) is 97.2 cm³/mol. The van der Waals surface area contributed by atoms with Crippen molar-refractivity contribution in [3.63, 3.8) is 0 Å². The van der Waals surface area contributed by atoms with Gasteiger partial charge in [0.2, 0.25) is 5.82 Å². The van der Waals surface area contributed by atoms with Crippen molar-refractivity contribution in [2.45, 2.75) is 19.4 Å². The maximum Gasteiger partial charge on any atom is 0.266 e. The number of carbonyl (C=O) groups excluding carboxylic acids is 1. The zero-order valence-electron chi connectivity index (χ0n) is 13.8. The third kappa shape index (κ3) is 4.08. The van der Waals surface area contributed by atoms with Crippen LogP contribution in [-0.2, 0) is 4.79 Å². The van der Waals surface area contributed by atoms with E-state index in [9.17, 15) is 9.18 Å². The zero-order valence-corrected chi connectivity index (χ0v) is 15.4. The minimum atomic E-state index is -0.888. The van der Waals surface area contributed by atoms with Gasteiger partial charge in [0, 0.05) is 10.0 Å². The quantitative estimate of drug-likeness (QED) is 0.638. The fraction of sp³-hybridized carbons (Fsp3) is 0.167. The lowest BCUT2D eigenvalue weighted by atomic mass is 10.1. The van der Waals surface area contributed by atoms with Gasteiger partial charge in [0.1, 0.15) is 0 Å². The number of carbonyl (C=O) groups is 1. The first-order chi connectivity index (χ1) is 12.6. The number of hydrogen-bond donors (Lipinski definition) is 1. The van der Waals surface area contributed by atoms with Crippen LogP contribution in [-0.4, -0.2) is 22.3 Å². The van der Waals surface area contributed by atoms with Crippen molar-refractivity contribution in [2.24, 2.45) is 0 Å². The molecule has 1 aromatic heterocycles. The smallest absolute Gasteiger partial charge is 0.266 e. The van der Waals surface area contributed by atoms with Gasteiger partial charge in [-0.2, -0.15) is 0 Å². The molecule has 0 saturated carbocycles. The number of halogens is 2. The molecular weight excluding hydrogens is 405 g/mol. The summed E-state index contributed by atoms with van der Waals surface area (Å²) in [6.45, 7) is 1.77. The summed E-state index contributed by atoms with van der Waals surface area (Å²) < 4.78 is 24.9. The number of para-hydroxylation sites is 1. The highest BCUT2D eigenvalue weighted by Crippen LogP contribution is 2.26. The standard InChI is InChI=1S/C18H15BrFN3O3/c1-2-14(25-15-6-4-3-5-13(15)20)18(24)21-17-16(22-26-23-17)11-7-9-12(19)10-8-11/h3-10,14H,2H2,1H3,(H,21,23,24)/t14-/m0/s1. The van der Waals surface area contributed by atoms with E-state index in [0.717, 1.165) is 10.0 Å². The molecule has 8 heteroatoms. The fourth-order valence-corrected chi connectivity index (χ4v) is 2.55. The Morgan fingerprint density at radius 3 is 2.65 bits per heavy atom. The summed E-state index contributed by atoms with van der Waals surface area (Å²) in [6, 6.07) is 13.2. The molecule has 1 heterocycles. The van der Waals surface area contributed by atoms with E-state index in [-0.39, 0.29) is 11.6 Å². The highest BCUT2D eigenvalue weighted by molar-refractivity contribution is 9.10. The average molecular weight is 420 g/mol. The number of ether oxygens (including phenoxy) is 1. The molecule has 3 aromatic rings. The minimum Gasteiger partial charge on any atom is -0.478 e. The Kier molecular flexibility index (Phi) is 5.62. The summed E-state index contributed by atoms with van der Waals surface area (Å²) in [5, 5.41) is 10.2. The van der Waals surface area contributed by atoms with E-state index in [2.05, 4.69) is 31.6 Å². The van der Waals surface area contributed by atoms with E-state index in [1.807, 2.05) is 24.3 Å². The first kappa shape index (κ1) is 18.1. The molecule has 0 aliphatic rings. The van der Waals surface area contributed by atoms with Gasteiger partial charge in [0.05, 0.1) is 0 Å². The zero-order chi connectivity index (χ0) is 18.5. The SMILES string of the molecule is CC[C@H](Oc1ccccc1F)C(=O)Nc1nonc1-c1ccc(Br)cc1. The summed E-state index contributed by atoms with van der Waals surface area (Å²) in [4.78, 5) is 12.5. The van der Waals surface area contributed by atoms with Crippen LogP contribution in [0.25, 0.3) is 11.3 Å². The maximum absolute atomic E-state index is 13.7. The number of anilines is 1. The summed E-state index contributed by atoms with van der Waals surface area (Å²) in [7, 11) is 0. The Hall–Kier alpha value is -2.74. The summed E-state index contributed by atoms with van der Waals surface area (Å²) in [5.41, 5.74) is 1.12. The molecule has 0 saturated heterocycles. The monoisotopic (exact) mass is 419 g/mol. The summed E-state index contributed by atoms with van der Waals surface area (Å²) in [5.74, 6) is -0.809. The molecule has 0 aliphatic carbocycles. The van der Waals surface area contributed by atoms with Crippen molar-refractivity contribution in [2.75, 3.05) is 5.32 Å². The molecule has 0 spiro atoms. The number of nitrogens with one attached hydrogen (secondary N) is 1. The van der Waals surface area contributed by atoms with Crippen LogP contribution in [0, 0.1) is 5.82 Å². The average Bonchev–Trinajstić information content (AvgIpc) is 3.09. The van der Waals surface area contributed by atoms with Crippen molar-refractivity contribution in [3.8, 4) is 17.0 Å². The molecule has 26 heavy (non-hydrogen) atoms. The Bertz CT molecular complexity index is 899. The van der Waals surface area contributed by atoms with Crippen LogP contribution in [0.5, 0.6) is 5.75 Å². The molecule has 1 amide bonds. The minimum absolute atomic E-state index is 0.0147. The maximum atomic E-state index is 13.7. The molecule has 3 rings (SSSR count). The van der Waals surface area contributed by atoms with E-state index in [4.69, 9.17) is 9.37 Å². The van der Waals surface area contributed by atoms with E-state index in [0.29, 0.717) is 12.1 Å². The number of benzene rings is 2. The third-order valence-corrected chi connectivity index (χ3v) is 4.15. The summed E-state index contributed by atoms with van der Waals surface area (Å²) >= 11 is 3.36. The van der Waals surface area contributed by atoms with Crippen LogP contribution < -0.4 is 10.1 Å². The molecule has 1 N–H and O–H groups in total. The topological polar surface area (TPSA) is 77.2 Å². The van der Waals surface area contributed by atoms with Crippen molar-refractivity contribution < 1.29 is 18.6 Å².